The van der Waals surface area contributed by atoms with Crippen molar-refractivity contribution < 1.29 is 9.90 Å². The van der Waals surface area contributed by atoms with Crippen molar-refractivity contribution in [2.45, 2.75) is 25.1 Å². The van der Waals surface area contributed by atoms with Crippen LogP contribution in [-0.4, -0.2) is 22.2 Å². The van der Waals surface area contributed by atoms with Crippen molar-refractivity contribution in [2.75, 3.05) is 5.75 Å². The zero-order chi connectivity index (χ0) is 7.98. The average molecular weight is 163 g/mol. The van der Waals surface area contributed by atoms with Crippen LogP contribution in [0.3, 0.4) is 0 Å². The molecule has 1 unspecified atom stereocenters. The molecule has 0 aliphatic rings. The molecule has 0 spiro atoms. The summed E-state index contributed by atoms with van der Waals surface area (Å²) in [5.74, 6) is -0.138. The SMILES string of the molecule is CCC(N)SCCC(=O)O. The smallest absolute Gasteiger partial charge is 0.304 e. The van der Waals surface area contributed by atoms with Gasteiger partial charge in [0.05, 0.1) is 11.8 Å². The third-order valence-corrected chi connectivity index (χ3v) is 2.25. The molecular weight excluding hydrogens is 150 g/mol. The Balaban J connectivity index is 3.11. The van der Waals surface area contributed by atoms with Crippen LogP contribution >= 0.6 is 11.8 Å². The van der Waals surface area contributed by atoms with Gasteiger partial charge in [-0.05, 0) is 6.42 Å². The van der Waals surface area contributed by atoms with Crippen molar-refractivity contribution in [1.82, 2.24) is 0 Å². The van der Waals surface area contributed by atoms with E-state index in [1.807, 2.05) is 6.92 Å². The van der Waals surface area contributed by atoms with Crippen LogP contribution in [0.4, 0.5) is 0 Å². The minimum atomic E-state index is -0.754. The van der Waals surface area contributed by atoms with Crippen molar-refractivity contribution in [3.63, 3.8) is 0 Å². The standard InChI is InChI=1S/C6H13NO2S/c1-2-5(7)10-4-3-6(8)9/h5H,2-4,7H2,1H3,(H,8,9). The Labute approximate surface area is 65.0 Å². The molecule has 0 aromatic carbocycles. The molecule has 0 heterocycles. The molecule has 10 heavy (non-hydrogen) atoms. The van der Waals surface area contributed by atoms with E-state index in [0.29, 0.717) is 5.75 Å². The summed E-state index contributed by atoms with van der Waals surface area (Å²) >= 11 is 1.50. The van der Waals surface area contributed by atoms with Gasteiger partial charge in [0.15, 0.2) is 0 Å². The molecule has 0 aromatic heterocycles. The summed E-state index contributed by atoms with van der Waals surface area (Å²) in [5.41, 5.74) is 5.53. The normalized spacial score (nSPS) is 13.0. The van der Waals surface area contributed by atoms with Gasteiger partial charge in [0, 0.05) is 5.75 Å². The van der Waals surface area contributed by atoms with E-state index in [1.165, 1.54) is 11.8 Å². The maximum atomic E-state index is 10.0. The fourth-order valence-corrected chi connectivity index (χ4v) is 1.25. The zero-order valence-corrected chi connectivity index (χ0v) is 6.86. The summed E-state index contributed by atoms with van der Waals surface area (Å²) in [7, 11) is 0. The molecule has 3 N–H and O–H groups in total. The van der Waals surface area contributed by atoms with Gasteiger partial charge in [0.2, 0.25) is 0 Å². The Hall–Kier alpha value is -0.220. The van der Waals surface area contributed by atoms with Crippen molar-refractivity contribution in [2.24, 2.45) is 5.73 Å². The van der Waals surface area contributed by atoms with Gasteiger partial charge in [-0.15, -0.1) is 11.8 Å². The summed E-state index contributed by atoms with van der Waals surface area (Å²) in [6.07, 6.45) is 1.10. The lowest BCUT2D eigenvalue weighted by atomic mass is 10.5. The first kappa shape index (κ1) is 9.78. The molecule has 0 aromatic rings. The number of thioether (sulfide) groups is 1. The number of hydrogen-bond donors (Lipinski definition) is 2. The summed E-state index contributed by atoms with van der Waals surface area (Å²) < 4.78 is 0. The highest BCUT2D eigenvalue weighted by atomic mass is 32.2. The van der Waals surface area contributed by atoms with Crippen molar-refractivity contribution in [1.29, 1.82) is 0 Å². The van der Waals surface area contributed by atoms with E-state index >= 15 is 0 Å². The molecule has 1 atom stereocenters. The molecule has 0 fully saturated rings. The number of rotatable bonds is 5. The second kappa shape index (κ2) is 5.56. The molecular formula is C6H13NO2S. The van der Waals surface area contributed by atoms with Crippen LogP contribution in [0.25, 0.3) is 0 Å². The van der Waals surface area contributed by atoms with Gasteiger partial charge in [-0.2, -0.15) is 0 Å². The van der Waals surface area contributed by atoms with Crippen LogP contribution in [-0.2, 0) is 4.79 Å². The predicted octanol–water partition coefficient (Wildman–Crippen LogP) is 0.889. The Morgan fingerprint density at radius 2 is 2.40 bits per heavy atom. The van der Waals surface area contributed by atoms with Gasteiger partial charge in [0.1, 0.15) is 0 Å². The molecule has 60 valence electrons. The maximum absolute atomic E-state index is 10.0. The molecule has 4 heteroatoms. The first-order valence-corrected chi connectivity index (χ1v) is 4.30. The second-order valence-corrected chi connectivity index (χ2v) is 3.31. The van der Waals surface area contributed by atoms with Crippen LogP contribution in [0.2, 0.25) is 0 Å². The van der Waals surface area contributed by atoms with Crippen molar-refractivity contribution in [3.05, 3.63) is 0 Å². The Morgan fingerprint density at radius 1 is 1.80 bits per heavy atom. The molecule has 0 saturated carbocycles. The lowest BCUT2D eigenvalue weighted by molar-refractivity contribution is -0.136. The summed E-state index contributed by atoms with van der Waals surface area (Å²) in [6, 6.07) is 0. The minimum absolute atomic E-state index is 0.0966. The van der Waals surface area contributed by atoms with Crippen molar-refractivity contribution in [3.8, 4) is 0 Å². The zero-order valence-electron chi connectivity index (χ0n) is 6.04. The molecule has 0 amide bonds. The van der Waals surface area contributed by atoms with Gasteiger partial charge in [0.25, 0.3) is 0 Å². The van der Waals surface area contributed by atoms with Crippen LogP contribution in [0.5, 0.6) is 0 Å². The molecule has 0 rings (SSSR count). The van der Waals surface area contributed by atoms with Gasteiger partial charge >= 0.3 is 5.97 Å². The van der Waals surface area contributed by atoms with Crippen molar-refractivity contribution >= 4 is 17.7 Å². The number of carbonyl (C=O) groups is 1. The first-order valence-electron chi connectivity index (χ1n) is 3.25. The monoisotopic (exact) mass is 163 g/mol. The van der Waals surface area contributed by atoms with E-state index < -0.39 is 5.97 Å². The number of carboxylic acid groups (broad SMARTS) is 1. The van der Waals surface area contributed by atoms with E-state index in [9.17, 15) is 4.79 Å². The fourth-order valence-electron chi connectivity index (χ4n) is 0.415. The van der Waals surface area contributed by atoms with Crippen LogP contribution in [0.1, 0.15) is 19.8 Å². The van der Waals surface area contributed by atoms with Gasteiger partial charge in [-0.1, -0.05) is 6.92 Å². The van der Waals surface area contributed by atoms with Crippen LogP contribution < -0.4 is 5.73 Å². The highest BCUT2D eigenvalue weighted by molar-refractivity contribution is 7.99. The first-order chi connectivity index (χ1) is 4.66. The molecule has 0 radical (unpaired) electrons. The quantitative estimate of drug-likeness (QED) is 0.591. The van der Waals surface area contributed by atoms with Gasteiger partial charge in [-0.3, -0.25) is 4.79 Å². The summed E-state index contributed by atoms with van der Waals surface area (Å²) in [4.78, 5) is 10.0. The highest BCUT2D eigenvalue weighted by Crippen LogP contribution is 2.09. The third-order valence-electron chi connectivity index (χ3n) is 1.05. The molecule has 0 aliphatic heterocycles. The van der Waals surface area contributed by atoms with Crippen LogP contribution in [0.15, 0.2) is 0 Å². The largest absolute Gasteiger partial charge is 0.481 e. The molecule has 0 saturated heterocycles. The van der Waals surface area contributed by atoms with Crippen LogP contribution in [0, 0.1) is 0 Å². The Morgan fingerprint density at radius 3 is 2.80 bits per heavy atom. The number of carboxylic acids is 1. The molecule has 0 bridgehead atoms. The fraction of sp³-hybridized carbons (Fsp3) is 0.833. The second-order valence-electron chi connectivity index (χ2n) is 1.96. The summed E-state index contributed by atoms with van der Waals surface area (Å²) in [5, 5.41) is 8.34. The average Bonchev–Trinajstić information content (AvgIpc) is 1.87. The molecule has 3 nitrogen and oxygen atoms in total. The van der Waals surface area contributed by atoms with E-state index in [1.54, 1.807) is 0 Å². The number of nitrogens with two attached hydrogens (primary N) is 1. The third kappa shape index (κ3) is 5.91. The van der Waals surface area contributed by atoms with Gasteiger partial charge in [-0.25, -0.2) is 0 Å². The topological polar surface area (TPSA) is 63.3 Å². The maximum Gasteiger partial charge on any atom is 0.304 e. The number of hydrogen-bond acceptors (Lipinski definition) is 3. The highest BCUT2D eigenvalue weighted by Gasteiger charge is 2.01. The minimum Gasteiger partial charge on any atom is -0.481 e. The van der Waals surface area contributed by atoms with Gasteiger partial charge < -0.3 is 10.8 Å². The Bertz CT molecular complexity index is 108. The van der Waals surface area contributed by atoms with E-state index in [4.69, 9.17) is 10.8 Å². The molecule has 0 aliphatic carbocycles. The van der Waals surface area contributed by atoms with E-state index in [-0.39, 0.29) is 11.8 Å². The van der Waals surface area contributed by atoms with E-state index in [2.05, 4.69) is 0 Å². The predicted molar refractivity (Wildman–Crippen MR) is 43.0 cm³/mol. The Kier molecular flexibility index (Phi) is 5.43. The van der Waals surface area contributed by atoms with E-state index in [0.717, 1.165) is 6.42 Å². The lowest BCUT2D eigenvalue weighted by Crippen LogP contribution is -2.14. The number of aliphatic carboxylic acids is 1. The lowest BCUT2D eigenvalue weighted by Gasteiger charge is -2.05. The summed E-state index contributed by atoms with van der Waals surface area (Å²) in [6.45, 7) is 1.98.